The summed E-state index contributed by atoms with van der Waals surface area (Å²) in [6.07, 6.45) is 5.58. The van der Waals surface area contributed by atoms with Crippen LogP contribution in [0.5, 0.6) is 0 Å². The number of pyridine rings is 1. The second-order valence-corrected chi connectivity index (χ2v) is 8.32. The number of carbonyl (C=O) groups is 1. The van der Waals surface area contributed by atoms with Gasteiger partial charge in [0.15, 0.2) is 0 Å². The van der Waals surface area contributed by atoms with Crippen LogP contribution in [0.25, 0.3) is 22.2 Å². The Balaban J connectivity index is 1.54. The first-order chi connectivity index (χ1) is 13.4. The summed E-state index contributed by atoms with van der Waals surface area (Å²) in [5.74, 6) is 0. The zero-order chi connectivity index (χ0) is 19.7. The van der Waals surface area contributed by atoms with Crippen molar-refractivity contribution in [3.05, 3.63) is 48.8 Å². The van der Waals surface area contributed by atoms with Gasteiger partial charge in [0, 0.05) is 36.4 Å². The number of rotatable bonds is 2. The summed E-state index contributed by atoms with van der Waals surface area (Å²) < 4.78 is 7.54. The smallest absolute Gasteiger partial charge is 0.410 e. The molecule has 1 aromatic carbocycles. The first-order valence-electron chi connectivity index (χ1n) is 9.77. The number of hydrogen-bond acceptors (Lipinski definition) is 4. The monoisotopic (exact) mass is 378 g/mol. The maximum atomic E-state index is 12.4. The van der Waals surface area contributed by atoms with E-state index in [4.69, 9.17) is 9.84 Å². The van der Waals surface area contributed by atoms with Gasteiger partial charge in [0.05, 0.1) is 17.3 Å². The average molecular weight is 378 g/mol. The van der Waals surface area contributed by atoms with Crippen LogP contribution in [0.2, 0.25) is 0 Å². The molecular weight excluding hydrogens is 352 g/mol. The third kappa shape index (κ3) is 4.01. The molecule has 6 heteroatoms. The molecule has 146 valence electrons. The molecule has 1 saturated heterocycles. The molecule has 28 heavy (non-hydrogen) atoms. The van der Waals surface area contributed by atoms with Gasteiger partial charge in [-0.2, -0.15) is 5.10 Å². The lowest BCUT2D eigenvalue weighted by molar-refractivity contribution is 0.0168. The van der Waals surface area contributed by atoms with E-state index in [0.717, 1.165) is 41.5 Å². The second kappa shape index (κ2) is 7.26. The van der Waals surface area contributed by atoms with Gasteiger partial charge in [0.2, 0.25) is 0 Å². The zero-order valence-electron chi connectivity index (χ0n) is 16.6. The van der Waals surface area contributed by atoms with Gasteiger partial charge in [0.25, 0.3) is 0 Å². The number of amides is 1. The Labute approximate surface area is 165 Å². The summed E-state index contributed by atoms with van der Waals surface area (Å²) in [4.78, 5) is 18.7. The van der Waals surface area contributed by atoms with Crippen molar-refractivity contribution < 1.29 is 9.53 Å². The predicted molar refractivity (Wildman–Crippen MR) is 109 cm³/mol. The second-order valence-electron chi connectivity index (χ2n) is 8.32. The Morgan fingerprint density at radius 1 is 1.21 bits per heavy atom. The van der Waals surface area contributed by atoms with E-state index < -0.39 is 5.60 Å². The highest BCUT2D eigenvalue weighted by Crippen LogP contribution is 2.27. The first-order valence-corrected chi connectivity index (χ1v) is 9.77. The molecule has 1 amide bonds. The number of hydrogen-bond donors (Lipinski definition) is 0. The van der Waals surface area contributed by atoms with Gasteiger partial charge in [-0.25, -0.2) is 4.79 Å². The fraction of sp³-hybridized carbons (Fsp3) is 0.409. The van der Waals surface area contributed by atoms with Gasteiger partial charge < -0.3 is 9.64 Å². The van der Waals surface area contributed by atoms with Crippen molar-refractivity contribution in [1.82, 2.24) is 19.7 Å². The zero-order valence-corrected chi connectivity index (χ0v) is 16.6. The topological polar surface area (TPSA) is 60.2 Å². The lowest BCUT2D eigenvalue weighted by Gasteiger charge is -2.34. The van der Waals surface area contributed by atoms with Crippen molar-refractivity contribution >= 4 is 17.0 Å². The van der Waals surface area contributed by atoms with Crippen molar-refractivity contribution in [2.75, 3.05) is 13.1 Å². The van der Waals surface area contributed by atoms with E-state index in [1.54, 1.807) is 11.1 Å². The van der Waals surface area contributed by atoms with Crippen LogP contribution in [0.1, 0.15) is 39.7 Å². The number of nitrogens with zero attached hydrogens (tertiary/aromatic N) is 4. The summed E-state index contributed by atoms with van der Waals surface area (Å²) in [6.45, 7) is 7.04. The van der Waals surface area contributed by atoms with Crippen LogP contribution >= 0.6 is 0 Å². The highest BCUT2D eigenvalue weighted by atomic mass is 16.6. The molecule has 1 aliphatic rings. The van der Waals surface area contributed by atoms with Crippen LogP contribution in [0, 0.1) is 0 Å². The summed E-state index contributed by atoms with van der Waals surface area (Å²) in [5.41, 5.74) is 2.50. The summed E-state index contributed by atoms with van der Waals surface area (Å²) >= 11 is 0. The SMILES string of the molecule is CC(C)(C)OC(=O)N1CCCC(n2cc3cc(-c4ccccn4)ccc3n2)C1. The van der Waals surface area contributed by atoms with Gasteiger partial charge in [0.1, 0.15) is 5.60 Å². The highest BCUT2D eigenvalue weighted by molar-refractivity contribution is 5.83. The van der Waals surface area contributed by atoms with Gasteiger partial charge in [-0.15, -0.1) is 0 Å². The highest BCUT2D eigenvalue weighted by Gasteiger charge is 2.28. The Bertz CT molecular complexity index is 975. The normalized spacial score (nSPS) is 17.7. The number of benzene rings is 1. The Hall–Kier alpha value is -2.89. The van der Waals surface area contributed by atoms with Crippen LogP contribution in [-0.4, -0.2) is 44.4 Å². The average Bonchev–Trinajstić information content (AvgIpc) is 3.11. The fourth-order valence-electron chi connectivity index (χ4n) is 3.59. The number of piperidine rings is 1. The maximum absolute atomic E-state index is 12.4. The van der Waals surface area contributed by atoms with Gasteiger partial charge in [-0.05, 0) is 57.9 Å². The van der Waals surface area contributed by atoms with Crippen LogP contribution in [0.15, 0.2) is 48.8 Å². The van der Waals surface area contributed by atoms with Crippen molar-refractivity contribution in [3.8, 4) is 11.3 Å². The molecule has 4 rings (SSSR count). The molecule has 3 aromatic rings. The van der Waals surface area contributed by atoms with E-state index in [1.165, 1.54) is 0 Å². The molecule has 0 saturated carbocycles. The van der Waals surface area contributed by atoms with E-state index in [9.17, 15) is 4.79 Å². The van der Waals surface area contributed by atoms with Crippen molar-refractivity contribution in [1.29, 1.82) is 0 Å². The molecule has 0 radical (unpaired) electrons. The third-order valence-corrected chi connectivity index (χ3v) is 4.91. The molecule has 3 heterocycles. The molecule has 0 bridgehead atoms. The molecule has 6 nitrogen and oxygen atoms in total. The number of fused-ring (bicyclic) bond motifs is 1. The summed E-state index contributed by atoms with van der Waals surface area (Å²) in [7, 11) is 0. The van der Waals surface area contributed by atoms with E-state index in [0.29, 0.717) is 6.54 Å². The van der Waals surface area contributed by atoms with Gasteiger partial charge in [-0.1, -0.05) is 12.1 Å². The minimum absolute atomic E-state index is 0.159. The van der Waals surface area contributed by atoms with E-state index in [2.05, 4.69) is 23.3 Å². The third-order valence-electron chi connectivity index (χ3n) is 4.91. The maximum Gasteiger partial charge on any atom is 0.410 e. The molecule has 0 aliphatic carbocycles. The van der Waals surface area contributed by atoms with Gasteiger partial charge >= 0.3 is 6.09 Å². The largest absolute Gasteiger partial charge is 0.444 e. The Kier molecular flexibility index (Phi) is 4.79. The number of carbonyl (C=O) groups excluding carboxylic acids is 1. The van der Waals surface area contributed by atoms with Crippen molar-refractivity contribution in [2.45, 2.75) is 45.3 Å². The molecule has 1 aliphatic heterocycles. The lowest BCUT2D eigenvalue weighted by atomic mass is 10.1. The van der Waals surface area contributed by atoms with E-state index in [-0.39, 0.29) is 12.1 Å². The van der Waals surface area contributed by atoms with E-state index >= 15 is 0 Å². The minimum Gasteiger partial charge on any atom is -0.444 e. The van der Waals surface area contributed by atoms with Crippen LogP contribution in [0.4, 0.5) is 4.79 Å². The fourth-order valence-corrected chi connectivity index (χ4v) is 3.59. The van der Waals surface area contributed by atoms with Crippen LogP contribution in [-0.2, 0) is 4.74 Å². The van der Waals surface area contributed by atoms with Crippen molar-refractivity contribution in [2.24, 2.45) is 0 Å². The number of aromatic nitrogens is 3. The van der Waals surface area contributed by atoms with Crippen molar-refractivity contribution in [3.63, 3.8) is 0 Å². The Morgan fingerprint density at radius 2 is 2.07 bits per heavy atom. The lowest BCUT2D eigenvalue weighted by Crippen LogP contribution is -2.43. The molecule has 1 atom stereocenters. The first kappa shape index (κ1) is 18.5. The summed E-state index contributed by atoms with van der Waals surface area (Å²) in [6, 6.07) is 12.3. The standard InChI is InChI=1S/C22H26N4O2/c1-22(2,3)28-21(27)25-12-6-7-18(15-25)26-14-17-13-16(9-10-20(17)24-26)19-8-4-5-11-23-19/h4-5,8-11,13-14,18H,6-7,12,15H2,1-3H3. The summed E-state index contributed by atoms with van der Waals surface area (Å²) in [5, 5.41) is 5.84. The number of likely N-dealkylation sites (tertiary alicyclic amines) is 1. The molecule has 0 N–H and O–H groups in total. The van der Waals surface area contributed by atoms with E-state index in [1.807, 2.05) is 49.7 Å². The van der Waals surface area contributed by atoms with Crippen LogP contribution < -0.4 is 0 Å². The quantitative estimate of drug-likeness (QED) is 0.650. The molecule has 1 fully saturated rings. The molecular formula is C22H26N4O2. The predicted octanol–water partition coefficient (Wildman–Crippen LogP) is 4.67. The van der Waals surface area contributed by atoms with Gasteiger partial charge in [-0.3, -0.25) is 9.67 Å². The number of ether oxygens (including phenoxy) is 1. The Morgan fingerprint density at radius 3 is 2.82 bits per heavy atom. The van der Waals surface area contributed by atoms with Crippen LogP contribution in [0.3, 0.4) is 0 Å². The molecule has 0 spiro atoms. The minimum atomic E-state index is -0.480. The molecule has 1 unspecified atom stereocenters. The molecule has 2 aromatic heterocycles.